The molecule has 0 spiro atoms. The van der Waals surface area contributed by atoms with Crippen LogP contribution in [-0.2, 0) is 29.2 Å². The van der Waals surface area contributed by atoms with Gasteiger partial charge in [0.2, 0.25) is 0 Å². The van der Waals surface area contributed by atoms with Gasteiger partial charge in [-0.05, 0) is 49.8 Å². The van der Waals surface area contributed by atoms with Gasteiger partial charge in [-0.25, -0.2) is 0 Å². The number of aryl methyl sites for hydroxylation is 1. The SMILES string of the molecule is COc1cc(/C=C/C(=O)C2C(=O)C=C(C)OC2=O)ccc1OS(=O)(=O)c1ccc(C)cc1. The maximum Gasteiger partial charge on any atom is 0.339 e. The lowest BCUT2D eigenvalue weighted by molar-refractivity contribution is -0.151. The number of ether oxygens (including phenoxy) is 2. The number of carbonyl (C=O) groups is 3. The van der Waals surface area contributed by atoms with Crippen molar-refractivity contribution >= 4 is 33.7 Å². The summed E-state index contributed by atoms with van der Waals surface area (Å²) in [5.74, 6) is -3.63. The molecule has 2 aromatic rings. The van der Waals surface area contributed by atoms with Gasteiger partial charge in [0.05, 0.1) is 7.11 Å². The topological polar surface area (TPSA) is 113 Å². The van der Waals surface area contributed by atoms with E-state index < -0.39 is 33.6 Å². The van der Waals surface area contributed by atoms with Gasteiger partial charge in [0, 0.05) is 6.08 Å². The summed E-state index contributed by atoms with van der Waals surface area (Å²) in [6, 6.07) is 10.5. The minimum Gasteiger partial charge on any atom is -0.493 e. The molecule has 0 saturated heterocycles. The molecule has 8 nitrogen and oxygen atoms in total. The van der Waals surface area contributed by atoms with Crippen LogP contribution < -0.4 is 8.92 Å². The molecule has 166 valence electrons. The molecule has 0 radical (unpaired) electrons. The van der Waals surface area contributed by atoms with Crippen LogP contribution in [-0.4, -0.2) is 33.1 Å². The Labute approximate surface area is 185 Å². The largest absolute Gasteiger partial charge is 0.493 e. The van der Waals surface area contributed by atoms with Gasteiger partial charge >= 0.3 is 16.1 Å². The summed E-state index contributed by atoms with van der Waals surface area (Å²) in [5, 5.41) is 0. The maximum absolute atomic E-state index is 12.5. The fourth-order valence-corrected chi connectivity index (χ4v) is 3.85. The lowest BCUT2D eigenvalue weighted by atomic mass is 9.96. The number of benzene rings is 2. The van der Waals surface area contributed by atoms with E-state index in [4.69, 9.17) is 13.7 Å². The normalized spacial score (nSPS) is 16.5. The van der Waals surface area contributed by atoms with Crippen LogP contribution in [0, 0.1) is 12.8 Å². The summed E-state index contributed by atoms with van der Waals surface area (Å²) >= 11 is 0. The Kier molecular flexibility index (Phi) is 6.59. The summed E-state index contributed by atoms with van der Waals surface area (Å²) < 4.78 is 40.3. The van der Waals surface area contributed by atoms with E-state index in [1.807, 2.05) is 6.92 Å². The quantitative estimate of drug-likeness (QED) is 0.270. The van der Waals surface area contributed by atoms with E-state index >= 15 is 0 Å². The van der Waals surface area contributed by atoms with Crippen molar-refractivity contribution < 1.29 is 36.5 Å². The molecule has 0 amide bonds. The Morgan fingerprint density at radius 1 is 1.03 bits per heavy atom. The highest BCUT2D eigenvalue weighted by Crippen LogP contribution is 2.31. The first-order valence-corrected chi connectivity index (χ1v) is 10.9. The van der Waals surface area contributed by atoms with Crippen LogP contribution in [0.1, 0.15) is 18.1 Å². The Balaban J connectivity index is 1.79. The molecular formula is C23H20O8S. The highest BCUT2D eigenvalue weighted by molar-refractivity contribution is 7.87. The Morgan fingerprint density at radius 2 is 1.72 bits per heavy atom. The van der Waals surface area contributed by atoms with Crippen molar-refractivity contribution in [2.24, 2.45) is 5.92 Å². The molecule has 1 unspecified atom stereocenters. The lowest BCUT2D eigenvalue weighted by Gasteiger charge is -2.15. The average Bonchev–Trinajstić information content (AvgIpc) is 2.72. The first-order valence-electron chi connectivity index (χ1n) is 9.45. The van der Waals surface area contributed by atoms with Gasteiger partial charge in [0.25, 0.3) is 0 Å². The minimum absolute atomic E-state index is 0.00644. The third kappa shape index (κ3) is 5.12. The molecule has 2 aromatic carbocycles. The van der Waals surface area contributed by atoms with Gasteiger partial charge < -0.3 is 13.7 Å². The van der Waals surface area contributed by atoms with E-state index in [1.54, 1.807) is 12.1 Å². The third-order valence-corrected chi connectivity index (χ3v) is 5.80. The van der Waals surface area contributed by atoms with Gasteiger partial charge in [-0.15, -0.1) is 0 Å². The highest BCUT2D eigenvalue weighted by Gasteiger charge is 2.36. The number of esters is 1. The van der Waals surface area contributed by atoms with E-state index in [0.717, 1.165) is 17.7 Å². The Hall–Kier alpha value is -3.72. The van der Waals surface area contributed by atoms with Crippen molar-refractivity contribution in [1.82, 2.24) is 0 Å². The zero-order valence-electron chi connectivity index (χ0n) is 17.5. The van der Waals surface area contributed by atoms with Crippen LogP contribution >= 0.6 is 0 Å². The molecule has 0 fully saturated rings. The molecule has 0 saturated carbocycles. The number of methoxy groups -OCH3 is 1. The van der Waals surface area contributed by atoms with Gasteiger partial charge in [-0.1, -0.05) is 29.8 Å². The van der Waals surface area contributed by atoms with Crippen molar-refractivity contribution in [3.8, 4) is 11.5 Å². The van der Waals surface area contributed by atoms with Gasteiger partial charge in [-0.3, -0.25) is 14.4 Å². The van der Waals surface area contributed by atoms with Crippen LogP contribution in [0.3, 0.4) is 0 Å². The number of allylic oxidation sites excluding steroid dienone is 3. The second-order valence-corrected chi connectivity index (χ2v) is 8.55. The zero-order valence-corrected chi connectivity index (χ0v) is 18.3. The van der Waals surface area contributed by atoms with Gasteiger partial charge in [0.1, 0.15) is 10.7 Å². The molecule has 0 aromatic heterocycles. The number of carbonyl (C=O) groups excluding carboxylic acids is 3. The molecule has 3 rings (SSSR count). The predicted molar refractivity (Wildman–Crippen MR) is 114 cm³/mol. The Bertz CT molecular complexity index is 1240. The Morgan fingerprint density at radius 3 is 2.34 bits per heavy atom. The number of ketones is 2. The summed E-state index contributed by atoms with van der Waals surface area (Å²) in [5.41, 5.74) is 1.36. The molecular weight excluding hydrogens is 436 g/mol. The fourth-order valence-electron chi connectivity index (χ4n) is 2.91. The molecule has 9 heteroatoms. The number of cyclic esters (lactones) is 1. The van der Waals surface area contributed by atoms with Gasteiger partial charge in [0.15, 0.2) is 29.0 Å². The summed E-state index contributed by atoms with van der Waals surface area (Å²) in [6.45, 7) is 3.28. The highest BCUT2D eigenvalue weighted by atomic mass is 32.2. The molecule has 0 aliphatic carbocycles. The second kappa shape index (κ2) is 9.19. The molecule has 1 aliphatic heterocycles. The number of rotatable bonds is 7. The molecule has 1 aliphatic rings. The van der Waals surface area contributed by atoms with Crippen molar-refractivity contribution in [3.05, 3.63) is 71.5 Å². The van der Waals surface area contributed by atoms with E-state index in [9.17, 15) is 22.8 Å². The lowest BCUT2D eigenvalue weighted by Crippen LogP contribution is -2.34. The van der Waals surface area contributed by atoms with Crippen LogP contribution in [0.15, 0.2) is 65.3 Å². The van der Waals surface area contributed by atoms with Crippen molar-refractivity contribution in [1.29, 1.82) is 0 Å². The molecule has 1 atom stereocenters. The summed E-state index contributed by atoms with van der Waals surface area (Å²) in [6.07, 6.45) is 3.55. The smallest absolute Gasteiger partial charge is 0.339 e. The monoisotopic (exact) mass is 456 g/mol. The molecule has 1 heterocycles. The first kappa shape index (κ1) is 23.0. The zero-order chi connectivity index (χ0) is 23.5. The van der Waals surface area contributed by atoms with Crippen molar-refractivity contribution in [3.63, 3.8) is 0 Å². The van der Waals surface area contributed by atoms with E-state index in [-0.39, 0.29) is 22.2 Å². The summed E-state index contributed by atoms with van der Waals surface area (Å²) in [7, 11) is -2.74. The van der Waals surface area contributed by atoms with Crippen LogP contribution in [0.25, 0.3) is 6.08 Å². The minimum atomic E-state index is -4.08. The van der Waals surface area contributed by atoms with Crippen molar-refractivity contribution in [2.45, 2.75) is 18.7 Å². The number of hydrogen-bond donors (Lipinski definition) is 0. The van der Waals surface area contributed by atoms with Crippen LogP contribution in [0.4, 0.5) is 0 Å². The van der Waals surface area contributed by atoms with E-state index in [0.29, 0.717) is 5.56 Å². The van der Waals surface area contributed by atoms with Crippen LogP contribution in [0.5, 0.6) is 11.5 Å². The van der Waals surface area contributed by atoms with Crippen LogP contribution in [0.2, 0.25) is 0 Å². The number of hydrogen-bond acceptors (Lipinski definition) is 8. The first-order chi connectivity index (χ1) is 15.1. The molecule has 32 heavy (non-hydrogen) atoms. The second-order valence-electron chi connectivity index (χ2n) is 7.01. The van der Waals surface area contributed by atoms with E-state index in [1.165, 1.54) is 50.4 Å². The van der Waals surface area contributed by atoms with Crippen molar-refractivity contribution in [2.75, 3.05) is 7.11 Å². The van der Waals surface area contributed by atoms with Gasteiger partial charge in [-0.2, -0.15) is 8.42 Å². The summed E-state index contributed by atoms with van der Waals surface area (Å²) in [4.78, 5) is 36.1. The maximum atomic E-state index is 12.5. The standard InChI is InChI=1S/C23H20O8S/c1-14-4-8-17(9-5-14)32(27,28)31-20-11-7-16(13-21(20)29-3)6-10-18(24)22-19(25)12-15(2)30-23(22)26/h4-13,22H,1-3H3/b10-6+. The molecule has 0 N–H and O–H groups in total. The van der Waals surface area contributed by atoms with E-state index in [2.05, 4.69) is 0 Å². The predicted octanol–water partition coefficient (Wildman–Crippen LogP) is 3.00. The fraction of sp³-hybridized carbons (Fsp3) is 0.174. The average molecular weight is 456 g/mol. The third-order valence-electron chi connectivity index (χ3n) is 4.55. The molecule has 0 bridgehead atoms.